The Morgan fingerprint density at radius 2 is 1.95 bits per heavy atom. The van der Waals surface area contributed by atoms with Gasteiger partial charge in [0, 0.05) is 45.2 Å². The first-order valence-electron chi connectivity index (χ1n) is 6.62. The van der Waals surface area contributed by atoms with Crippen LogP contribution in [0.5, 0.6) is 0 Å². The van der Waals surface area contributed by atoms with Crippen molar-refractivity contribution in [2.24, 2.45) is 0 Å². The van der Waals surface area contributed by atoms with E-state index in [1.54, 1.807) is 11.9 Å². The van der Waals surface area contributed by atoms with Crippen molar-refractivity contribution in [3.8, 4) is 0 Å². The van der Waals surface area contributed by atoms with Crippen molar-refractivity contribution in [1.82, 2.24) is 15.1 Å². The number of amides is 1. The van der Waals surface area contributed by atoms with Gasteiger partial charge in [-0.05, 0) is 12.8 Å². The number of carbonyl (C=O) groups is 1. The molecule has 2 heterocycles. The second kappa shape index (κ2) is 5.66. The summed E-state index contributed by atoms with van der Waals surface area (Å²) in [7, 11) is 1.76. The number of hydrogen-bond acceptors (Lipinski definition) is 3. The van der Waals surface area contributed by atoms with Crippen molar-refractivity contribution in [1.29, 1.82) is 0 Å². The lowest BCUT2D eigenvalue weighted by Gasteiger charge is -2.32. The van der Waals surface area contributed by atoms with E-state index in [4.69, 9.17) is 0 Å². The van der Waals surface area contributed by atoms with Gasteiger partial charge in [-0.2, -0.15) is 13.2 Å². The fourth-order valence-electron chi connectivity index (χ4n) is 2.85. The molecule has 0 spiro atoms. The van der Waals surface area contributed by atoms with Crippen LogP contribution in [0.2, 0.25) is 0 Å². The summed E-state index contributed by atoms with van der Waals surface area (Å²) in [6.07, 6.45) is -2.08. The molecular formula is C12H20F3N3O. The monoisotopic (exact) mass is 279 g/mol. The Morgan fingerprint density at radius 1 is 1.26 bits per heavy atom. The summed E-state index contributed by atoms with van der Waals surface area (Å²) < 4.78 is 36.8. The molecule has 4 nitrogen and oxygen atoms in total. The molecule has 2 saturated heterocycles. The smallest absolute Gasteiger partial charge is 0.344 e. The van der Waals surface area contributed by atoms with Crippen LogP contribution in [-0.4, -0.2) is 67.2 Å². The SMILES string of the molecule is CN1CC(NC2CCN(CC(F)(F)F)C2)CCC1=O. The Labute approximate surface area is 110 Å². The van der Waals surface area contributed by atoms with E-state index in [1.807, 2.05) is 0 Å². The normalized spacial score (nSPS) is 30.1. The average molecular weight is 279 g/mol. The molecule has 110 valence electrons. The van der Waals surface area contributed by atoms with Crippen LogP contribution < -0.4 is 5.32 Å². The second-order valence-corrected chi connectivity index (χ2v) is 5.51. The van der Waals surface area contributed by atoms with Gasteiger partial charge in [-0.1, -0.05) is 0 Å². The maximum absolute atomic E-state index is 12.3. The van der Waals surface area contributed by atoms with E-state index in [9.17, 15) is 18.0 Å². The van der Waals surface area contributed by atoms with Gasteiger partial charge >= 0.3 is 6.18 Å². The molecule has 7 heteroatoms. The third kappa shape index (κ3) is 4.35. The summed E-state index contributed by atoms with van der Waals surface area (Å²) in [6.45, 7) is 0.745. The summed E-state index contributed by atoms with van der Waals surface area (Å²) in [5.41, 5.74) is 0. The quantitative estimate of drug-likeness (QED) is 0.831. The van der Waals surface area contributed by atoms with Gasteiger partial charge in [0.25, 0.3) is 0 Å². The molecule has 0 aliphatic carbocycles. The van der Waals surface area contributed by atoms with Crippen LogP contribution in [0.15, 0.2) is 0 Å². The van der Waals surface area contributed by atoms with Gasteiger partial charge in [-0.15, -0.1) is 0 Å². The first-order valence-corrected chi connectivity index (χ1v) is 6.62. The minimum Gasteiger partial charge on any atom is -0.344 e. The topological polar surface area (TPSA) is 35.6 Å². The molecule has 0 saturated carbocycles. The van der Waals surface area contributed by atoms with E-state index in [0.717, 1.165) is 12.8 Å². The van der Waals surface area contributed by atoms with Gasteiger partial charge in [0.1, 0.15) is 0 Å². The van der Waals surface area contributed by atoms with E-state index in [0.29, 0.717) is 26.1 Å². The van der Waals surface area contributed by atoms with Crippen LogP contribution in [0, 0.1) is 0 Å². The van der Waals surface area contributed by atoms with Crippen LogP contribution in [-0.2, 0) is 4.79 Å². The van der Waals surface area contributed by atoms with E-state index >= 15 is 0 Å². The zero-order chi connectivity index (χ0) is 14.0. The number of rotatable bonds is 3. The van der Waals surface area contributed by atoms with Gasteiger partial charge in [0.2, 0.25) is 5.91 Å². The highest BCUT2D eigenvalue weighted by Crippen LogP contribution is 2.20. The van der Waals surface area contributed by atoms with Gasteiger partial charge in [0.15, 0.2) is 0 Å². The molecule has 0 aromatic rings. The number of carbonyl (C=O) groups excluding carboxylic acids is 1. The number of piperidine rings is 1. The summed E-state index contributed by atoms with van der Waals surface area (Å²) >= 11 is 0. The molecular weight excluding hydrogens is 259 g/mol. The van der Waals surface area contributed by atoms with E-state index in [1.165, 1.54) is 4.90 Å². The van der Waals surface area contributed by atoms with E-state index < -0.39 is 12.7 Å². The van der Waals surface area contributed by atoms with Gasteiger partial charge < -0.3 is 10.2 Å². The molecule has 0 aromatic heterocycles. The Balaban J connectivity index is 1.75. The van der Waals surface area contributed by atoms with Crippen molar-refractivity contribution in [3.63, 3.8) is 0 Å². The molecule has 1 amide bonds. The standard InChI is InChI=1S/C12H20F3N3O/c1-17-6-9(2-3-11(17)19)16-10-4-5-18(7-10)8-12(13,14)15/h9-10,16H,2-8H2,1H3. The molecule has 2 aliphatic heterocycles. The molecule has 19 heavy (non-hydrogen) atoms. The zero-order valence-corrected chi connectivity index (χ0v) is 11.0. The fourth-order valence-corrected chi connectivity index (χ4v) is 2.85. The molecule has 2 rings (SSSR count). The molecule has 2 fully saturated rings. The highest BCUT2D eigenvalue weighted by molar-refractivity contribution is 5.76. The van der Waals surface area contributed by atoms with Crippen molar-refractivity contribution in [2.45, 2.75) is 37.5 Å². The first-order chi connectivity index (χ1) is 8.83. The Kier molecular flexibility index (Phi) is 4.35. The Bertz CT molecular complexity index is 335. The molecule has 0 radical (unpaired) electrons. The minimum absolute atomic E-state index is 0.106. The lowest BCUT2D eigenvalue weighted by Crippen LogP contribution is -2.50. The minimum atomic E-state index is -4.12. The summed E-state index contributed by atoms with van der Waals surface area (Å²) in [6, 6.07) is 0.312. The maximum atomic E-state index is 12.3. The van der Waals surface area contributed by atoms with Gasteiger partial charge in [-0.25, -0.2) is 0 Å². The number of likely N-dealkylation sites (tertiary alicyclic amines) is 2. The van der Waals surface area contributed by atoms with Crippen molar-refractivity contribution in [3.05, 3.63) is 0 Å². The van der Waals surface area contributed by atoms with Crippen molar-refractivity contribution in [2.75, 3.05) is 33.2 Å². The van der Waals surface area contributed by atoms with E-state index in [2.05, 4.69) is 5.32 Å². The van der Waals surface area contributed by atoms with Crippen LogP contribution in [0.1, 0.15) is 19.3 Å². The predicted octanol–water partition coefficient (Wildman–Crippen LogP) is 0.833. The Morgan fingerprint density at radius 3 is 2.58 bits per heavy atom. The van der Waals surface area contributed by atoms with Crippen LogP contribution in [0.3, 0.4) is 0 Å². The first kappa shape index (κ1) is 14.6. The van der Waals surface area contributed by atoms with Crippen LogP contribution in [0.25, 0.3) is 0 Å². The van der Waals surface area contributed by atoms with Crippen LogP contribution >= 0.6 is 0 Å². The Hall–Kier alpha value is -0.820. The highest BCUT2D eigenvalue weighted by Gasteiger charge is 2.35. The van der Waals surface area contributed by atoms with Crippen molar-refractivity contribution < 1.29 is 18.0 Å². The third-order valence-corrected chi connectivity index (χ3v) is 3.77. The predicted molar refractivity (Wildman–Crippen MR) is 64.7 cm³/mol. The second-order valence-electron chi connectivity index (χ2n) is 5.51. The lowest BCUT2D eigenvalue weighted by molar-refractivity contribution is -0.143. The molecule has 2 aliphatic rings. The summed E-state index contributed by atoms with van der Waals surface area (Å²) in [5, 5.41) is 3.38. The maximum Gasteiger partial charge on any atom is 0.401 e. The third-order valence-electron chi connectivity index (χ3n) is 3.77. The lowest BCUT2D eigenvalue weighted by atomic mass is 10.0. The van der Waals surface area contributed by atoms with Gasteiger partial charge in [0.05, 0.1) is 6.54 Å². The zero-order valence-electron chi connectivity index (χ0n) is 11.0. The largest absolute Gasteiger partial charge is 0.401 e. The molecule has 2 atom stereocenters. The number of alkyl halides is 3. The number of nitrogens with one attached hydrogen (secondary N) is 1. The van der Waals surface area contributed by atoms with Crippen molar-refractivity contribution >= 4 is 5.91 Å². The highest BCUT2D eigenvalue weighted by atomic mass is 19.4. The van der Waals surface area contributed by atoms with E-state index in [-0.39, 0.29) is 18.0 Å². The molecule has 0 aromatic carbocycles. The number of likely N-dealkylation sites (N-methyl/N-ethyl adjacent to an activating group) is 1. The average Bonchev–Trinajstić information content (AvgIpc) is 2.68. The number of hydrogen-bond donors (Lipinski definition) is 1. The number of halogens is 3. The molecule has 1 N–H and O–H groups in total. The van der Waals surface area contributed by atoms with Crippen LogP contribution in [0.4, 0.5) is 13.2 Å². The number of nitrogens with zero attached hydrogens (tertiary/aromatic N) is 2. The fraction of sp³-hybridized carbons (Fsp3) is 0.917. The van der Waals surface area contributed by atoms with Gasteiger partial charge in [-0.3, -0.25) is 9.69 Å². The summed E-state index contributed by atoms with van der Waals surface area (Å²) in [5.74, 6) is 0.142. The molecule has 2 unspecified atom stereocenters. The molecule has 0 bridgehead atoms. The summed E-state index contributed by atoms with van der Waals surface area (Å²) in [4.78, 5) is 14.5.